The molecule has 0 radical (unpaired) electrons. The molecule has 0 saturated heterocycles. The molecule has 4 aromatic rings. The Hall–Kier alpha value is -4.17. The Balaban J connectivity index is 1.81. The van der Waals surface area contributed by atoms with Crippen LogP contribution in [0.25, 0.3) is 22.6 Å². The highest BCUT2D eigenvalue weighted by Gasteiger charge is 2.14. The molecule has 0 bridgehead atoms. The van der Waals surface area contributed by atoms with Crippen LogP contribution in [0.2, 0.25) is 0 Å². The first kappa shape index (κ1) is 20.1. The third kappa shape index (κ3) is 3.96. The largest absolute Gasteiger partial charge is 0.478 e. The van der Waals surface area contributed by atoms with E-state index in [2.05, 4.69) is 10.6 Å². The number of fused-ring (bicyclic) bond motifs is 1. The normalized spacial score (nSPS) is 11.5. The molecule has 0 amide bonds. The second-order valence-corrected chi connectivity index (χ2v) is 7.28. The first-order valence-electron chi connectivity index (χ1n) is 9.75. The van der Waals surface area contributed by atoms with Crippen LogP contribution in [0.5, 0.6) is 0 Å². The number of rotatable bonds is 5. The molecule has 0 saturated carbocycles. The summed E-state index contributed by atoms with van der Waals surface area (Å²) in [6.07, 6.45) is 1.84. The molecule has 0 atom stereocenters. The number of carboxylic acids is 1. The number of halogens is 1. The molecule has 1 heterocycles. The Morgan fingerprint density at radius 1 is 1.03 bits per heavy atom. The van der Waals surface area contributed by atoms with E-state index >= 15 is 0 Å². The molecule has 31 heavy (non-hydrogen) atoms. The number of benzene rings is 3. The zero-order chi connectivity index (χ0) is 22.0. The molecule has 0 aliphatic heterocycles. The summed E-state index contributed by atoms with van der Waals surface area (Å²) in [5.74, 6) is -1.28. The van der Waals surface area contributed by atoms with Gasteiger partial charge in [0.15, 0.2) is 0 Å². The van der Waals surface area contributed by atoms with E-state index < -0.39 is 5.97 Å². The summed E-state index contributed by atoms with van der Waals surface area (Å²) < 4.78 is 15.4. The summed E-state index contributed by atoms with van der Waals surface area (Å²) in [4.78, 5) is 11.1. The summed E-state index contributed by atoms with van der Waals surface area (Å²) in [6.45, 7) is 2.58. The van der Waals surface area contributed by atoms with Gasteiger partial charge in [-0.05, 0) is 54.5 Å². The van der Waals surface area contributed by atoms with Gasteiger partial charge in [-0.25, -0.2) is 9.18 Å². The van der Waals surface area contributed by atoms with Crippen molar-refractivity contribution < 1.29 is 14.3 Å². The lowest BCUT2D eigenvalue weighted by molar-refractivity contribution is 0.0697. The quantitative estimate of drug-likeness (QED) is 0.417. The predicted molar refractivity (Wildman–Crippen MR) is 119 cm³/mol. The first-order valence-corrected chi connectivity index (χ1v) is 9.75. The molecule has 152 valence electrons. The molecular formula is C26H19FN2O2. The average molecular weight is 410 g/mol. The van der Waals surface area contributed by atoms with Crippen molar-refractivity contribution in [1.82, 2.24) is 4.57 Å². The third-order valence-electron chi connectivity index (χ3n) is 5.39. The van der Waals surface area contributed by atoms with Gasteiger partial charge >= 0.3 is 5.97 Å². The van der Waals surface area contributed by atoms with E-state index in [0.29, 0.717) is 17.7 Å². The van der Waals surface area contributed by atoms with Gasteiger partial charge in [0.05, 0.1) is 17.2 Å². The number of carbonyl (C=O) groups is 1. The molecule has 1 aromatic heterocycles. The molecule has 0 aliphatic rings. The van der Waals surface area contributed by atoms with Crippen LogP contribution in [-0.2, 0) is 6.54 Å². The first-order chi connectivity index (χ1) is 15.0. The number of aromatic nitrogens is 1. The number of nitrogens with zero attached hydrogens (tertiary/aromatic N) is 2. The van der Waals surface area contributed by atoms with Crippen LogP contribution in [0.4, 0.5) is 4.39 Å². The minimum absolute atomic E-state index is 0.174. The van der Waals surface area contributed by atoms with Crippen molar-refractivity contribution in [3.8, 4) is 6.07 Å². The van der Waals surface area contributed by atoms with E-state index in [1.54, 1.807) is 24.3 Å². The molecule has 0 spiro atoms. The summed E-state index contributed by atoms with van der Waals surface area (Å²) in [7, 11) is 0. The second kappa shape index (κ2) is 8.29. The van der Waals surface area contributed by atoms with Crippen LogP contribution in [0.1, 0.15) is 32.7 Å². The van der Waals surface area contributed by atoms with Crippen LogP contribution in [0, 0.1) is 24.1 Å². The number of hydrogen-bond donors (Lipinski definition) is 1. The zero-order valence-corrected chi connectivity index (χ0v) is 16.8. The van der Waals surface area contributed by atoms with Gasteiger partial charge in [0.2, 0.25) is 0 Å². The Morgan fingerprint density at radius 3 is 2.32 bits per heavy atom. The Labute approximate surface area is 179 Å². The second-order valence-electron chi connectivity index (χ2n) is 7.28. The smallest absolute Gasteiger partial charge is 0.335 e. The number of nitriles is 1. The van der Waals surface area contributed by atoms with Crippen molar-refractivity contribution in [2.75, 3.05) is 0 Å². The maximum Gasteiger partial charge on any atom is 0.335 e. The van der Waals surface area contributed by atoms with Crippen molar-refractivity contribution >= 4 is 28.5 Å². The molecule has 4 nitrogen and oxygen atoms in total. The highest BCUT2D eigenvalue weighted by atomic mass is 19.1. The minimum atomic E-state index is -1.01. The molecule has 5 heteroatoms. The lowest BCUT2D eigenvalue weighted by atomic mass is 10.0. The topological polar surface area (TPSA) is 66.0 Å². The van der Waals surface area contributed by atoms with Crippen LogP contribution in [0.15, 0.2) is 72.8 Å². The standard InChI is InChI=1S/C26H19FN2O2/c1-17-24(14-21(15-28)19-8-10-20(11-9-19)26(30)31)23-4-2-3-5-25(23)29(17)16-18-6-12-22(27)13-7-18/h2-14H,16H2,1H3,(H,30,31). The molecule has 3 aromatic carbocycles. The van der Waals surface area contributed by atoms with Crippen LogP contribution >= 0.6 is 0 Å². The zero-order valence-electron chi connectivity index (χ0n) is 16.8. The van der Waals surface area contributed by atoms with Gasteiger partial charge in [0.1, 0.15) is 5.82 Å². The molecule has 4 rings (SSSR count). The van der Waals surface area contributed by atoms with Gasteiger partial charge in [-0.2, -0.15) is 5.26 Å². The van der Waals surface area contributed by atoms with E-state index in [4.69, 9.17) is 5.11 Å². The third-order valence-corrected chi connectivity index (χ3v) is 5.39. The fourth-order valence-corrected chi connectivity index (χ4v) is 3.73. The van der Waals surface area contributed by atoms with Crippen LogP contribution in [0.3, 0.4) is 0 Å². The molecule has 1 N–H and O–H groups in total. The number of para-hydroxylation sites is 1. The van der Waals surface area contributed by atoms with E-state index in [9.17, 15) is 14.4 Å². The summed E-state index contributed by atoms with van der Waals surface area (Å²) in [5, 5.41) is 19.9. The molecular weight excluding hydrogens is 391 g/mol. The van der Waals surface area contributed by atoms with Gasteiger partial charge in [-0.3, -0.25) is 0 Å². The fourth-order valence-electron chi connectivity index (χ4n) is 3.73. The van der Waals surface area contributed by atoms with Crippen molar-refractivity contribution in [2.24, 2.45) is 0 Å². The Kier molecular flexibility index (Phi) is 5.38. The number of carboxylic acid groups (broad SMARTS) is 1. The van der Waals surface area contributed by atoms with Gasteiger partial charge in [-0.15, -0.1) is 0 Å². The maximum absolute atomic E-state index is 13.3. The van der Waals surface area contributed by atoms with Gasteiger partial charge in [0.25, 0.3) is 0 Å². The van der Waals surface area contributed by atoms with Crippen LogP contribution < -0.4 is 0 Å². The minimum Gasteiger partial charge on any atom is -0.478 e. The van der Waals surface area contributed by atoms with Crippen LogP contribution in [-0.4, -0.2) is 15.6 Å². The number of aromatic carboxylic acids is 1. The van der Waals surface area contributed by atoms with Crippen molar-refractivity contribution in [3.05, 3.63) is 107 Å². The maximum atomic E-state index is 13.3. The molecule has 0 fully saturated rings. The Morgan fingerprint density at radius 2 is 1.68 bits per heavy atom. The predicted octanol–water partition coefficient (Wildman–Crippen LogP) is 5.90. The SMILES string of the molecule is Cc1c(C=C(C#N)c2ccc(C(=O)O)cc2)c2ccccc2n1Cc1ccc(F)cc1. The van der Waals surface area contributed by atoms with E-state index in [1.165, 1.54) is 24.3 Å². The molecule has 0 unspecified atom stereocenters. The lowest BCUT2D eigenvalue weighted by Crippen LogP contribution is -2.02. The van der Waals surface area contributed by atoms with E-state index in [0.717, 1.165) is 27.7 Å². The van der Waals surface area contributed by atoms with E-state index in [-0.39, 0.29) is 11.4 Å². The average Bonchev–Trinajstić information content (AvgIpc) is 3.04. The molecule has 0 aliphatic carbocycles. The van der Waals surface area contributed by atoms with Crippen molar-refractivity contribution in [3.63, 3.8) is 0 Å². The number of hydrogen-bond acceptors (Lipinski definition) is 2. The van der Waals surface area contributed by atoms with Crippen molar-refractivity contribution in [2.45, 2.75) is 13.5 Å². The summed E-state index contributed by atoms with van der Waals surface area (Å²) >= 11 is 0. The van der Waals surface area contributed by atoms with Gasteiger partial charge in [0, 0.05) is 28.7 Å². The number of allylic oxidation sites excluding steroid dienone is 1. The monoisotopic (exact) mass is 410 g/mol. The summed E-state index contributed by atoms with van der Waals surface area (Å²) in [5.41, 5.74) is 5.19. The summed E-state index contributed by atoms with van der Waals surface area (Å²) in [6, 6.07) is 22.9. The van der Waals surface area contributed by atoms with Crippen molar-refractivity contribution in [1.29, 1.82) is 5.26 Å². The van der Waals surface area contributed by atoms with E-state index in [1.807, 2.05) is 37.3 Å². The highest BCUT2D eigenvalue weighted by Crippen LogP contribution is 2.30. The Bertz CT molecular complexity index is 1340. The van der Waals surface area contributed by atoms with Gasteiger partial charge in [-0.1, -0.05) is 42.5 Å². The highest BCUT2D eigenvalue weighted by molar-refractivity contribution is 5.99. The fraction of sp³-hybridized carbons (Fsp3) is 0.0769. The lowest BCUT2D eigenvalue weighted by Gasteiger charge is -2.09. The van der Waals surface area contributed by atoms with Gasteiger partial charge < -0.3 is 9.67 Å².